The molecule has 0 spiro atoms. The predicted octanol–water partition coefficient (Wildman–Crippen LogP) is 4.05. The maximum Gasteiger partial charge on any atom is 0.310 e. The van der Waals surface area contributed by atoms with Gasteiger partial charge in [0.05, 0.1) is 6.42 Å². The van der Waals surface area contributed by atoms with Gasteiger partial charge in [-0.1, -0.05) is 48.5 Å². The molecule has 0 saturated heterocycles. The van der Waals surface area contributed by atoms with Gasteiger partial charge in [0.15, 0.2) is 6.61 Å². The molecule has 27 heavy (non-hydrogen) atoms. The maximum atomic E-state index is 12.2. The molecule has 0 saturated carbocycles. The second-order valence-corrected chi connectivity index (χ2v) is 6.86. The Kier molecular flexibility index (Phi) is 4.88. The topological polar surface area (TPSA) is 55.4 Å². The Bertz CT molecular complexity index is 1000. The first-order chi connectivity index (χ1) is 13.2. The van der Waals surface area contributed by atoms with E-state index in [2.05, 4.69) is 11.4 Å². The van der Waals surface area contributed by atoms with Crippen LogP contribution < -0.4 is 5.32 Å². The summed E-state index contributed by atoms with van der Waals surface area (Å²) in [6, 6.07) is 19.7. The molecule has 4 heteroatoms. The molecule has 4 nitrogen and oxygen atoms in total. The van der Waals surface area contributed by atoms with Crippen molar-refractivity contribution in [3.63, 3.8) is 0 Å². The van der Waals surface area contributed by atoms with Gasteiger partial charge in [0, 0.05) is 5.69 Å². The maximum absolute atomic E-state index is 12.2. The van der Waals surface area contributed by atoms with Crippen molar-refractivity contribution in [2.75, 3.05) is 11.9 Å². The van der Waals surface area contributed by atoms with Crippen molar-refractivity contribution < 1.29 is 14.3 Å². The van der Waals surface area contributed by atoms with Gasteiger partial charge < -0.3 is 10.1 Å². The van der Waals surface area contributed by atoms with E-state index < -0.39 is 5.97 Å². The van der Waals surface area contributed by atoms with Gasteiger partial charge in [0.1, 0.15) is 0 Å². The molecule has 0 atom stereocenters. The van der Waals surface area contributed by atoms with E-state index in [9.17, 15) is 9.59 Å². The zero-order chi connectivity index (χ0) is 18.6. The molecule has 1 amide bonds. The Morgan fingerprint density at radius 3 is 2.67 bits per heavy atom. The summed E-state index contributed by atoms with van der Waals surface area (Å²) >= 11 is 0. The van der Waals surface area contributed by atoms with Crippen LogP contribution in [0.1, 0.15) is 23.1 Å². The molecule has 0 fully saturated rings. The zero-order valence-electron chi connectivity index (χ0n) is 15.0. The number of carbonyl (C=O) groups excluding carboxylic acids is 2. The van der Waals surface area contributed by atoms with Crippen LogP contribution in [0.25, 0.3) is 10.8 Å². The smallest absolute Gasteiger partial charge is 0.310 e. The summed E-state index contributed by atoms with van der Waals surface area (Å²) in [5.74, 6) is -0.727. The SMILES string of the molecule is O=C(COC(=O)Cc1cccc2ccccc12)Nc1ccc2c(c1)CCC2. The van der Waals surface area contributed by atoms with Crippen LogP contribution in [0.5, 0.6) is 0 Å². The van der Waals surface area contributed by atoms with Gasteiger partial charge in [-0.25, -0.2) is 0 Å². The van der Waals surface area contributed by atoms with Crippen molar-refractivity contribution in [3.05, 3.63) is 77.4 Å². The van der Waals surface area contributed by atoms with Gasteiger partial charge >= 0.3 is 5.97 Å². The van der Waals surface area contributed by atoms with Gasteiger partial charge in [-0.15, -0.1) is 0 Å². The van der Waals surface area contributed by atoms with Gasteiger partial charge in [-0.05, 0) is 58.9 Å². The van der Waals surface area contributed by atoms with Crippen molar-refractivity contribution in [3.8, 4) is 0 Å². The molecular weight excluding hydrogens is 338 g/mol. The lowest BCUT2D eigenvalue weighted by Crippen LogP contribution is -2.21. The summed E-state index contributed by atoms with van der Waals surface area (Å²) in [7, 11) is 0. The molecule has 0 aromatic heterocycles. The van der Waals surface area contributed by atoms with E-state index in [0.717, 1.165) is 34.9 Å². The average Bonchev–Trinajstić information content (AvgIpc) is 3.14. The van der Waals surface area contributed by atoms with Crippen molar-refractivity contribution in [1.82, 2.24) is 0 Å². The number of anilines is 1. The highest BCUT2D eigenvalue weighted by atomic mass is 16.5. The summed E-state index contributed by atoms with van der Waals surface area (Å²) in [4.78, 5) is 24.3. The van der Waals surface area contributed by atoms with Crippen molar-refractivity contribution in [2.45, 2.75) is 25.7 Å². The largest absolute Gasteiger partial charge is 0.455 e. The molecule has 0 radical (unpaired) electrons. The average molecular weight is 359 g/mol. The Morgan fingerprint density at radius 2 is 1.74 bits per heavy atom. The first kappa shape index (κ1) is 17.3. The highest BCUT2D eigenvalue weighted by Gasteiger charge is 2.13. The fourth-order valence-corrected chi connectivity index (χ4v) is 3.65. The van der Waals surface area contributed by atoms with Gasteiger partial charge in [-0.3, -0.25) is 9.59 Å². The molecule has 0 bridgehead atoms. The molecule has 3 aromatic rings. The third-order valence-electron chi connectivity index (χ3n) is 4.96. The summed E-state index contributed by atoms with van der Waals surface area (Å²) < 4.78 is 5.17. The molecule has 1 N–H and O–H groups in total. The molecule has 136 valence electrons. The normalized spacial score (nSPS) is 12.6. The Balaban J connectivity index is 1.33. The van der Waals surface area contributed by atoms with E-state index >= 15 is 0 Å². The van der Waals surface area contributed by atoms with Crippen molar-refractivity contribution >= 4 is 28.3 Å². The minimum absolute atomic E-state index is 0.146. The Hall–Kier alpha value is -3.14. The summed E-state index contributed by atoms with van der Waals surface area (Å²) in [5, 5.41) is 4.91. The van der Waals surface area contributed by atoms with Crippen molar-refractivity contribution in [2.24, 2.45) is 0 Å². The number of aryl methyl sites for hydroxylation is 2. The number of nitrogens with one attached hydrogen (secondary N) is 1. The molecule has 3 aromatic carbocycles. The van der Waals surface area contributed by atoms with Crippen LogP contribution in [-0.2, 0) is 33.6 Å². The summed E-state index contributed by atoms with van der Waals surface area (Å²) in [6.07, 6.45) is 3.47. The van der Waals surface area contributed by atoms with Crippen molar-refractivity contribution in [1.29, 1.82) is 0 Å². The number of rotatable bonds is 5. The summed E-state index contributed by atoms with van der Waals surface area (Å²) in [6.45, 7) is -0.277. The number of fused-ring (bicyclic) bond motifs is 2. The number of hydrogen-bond acceptors (Lipinski definition) is 3. The lowest BCUT2D eigenvalue weighted by atomic mass is 10.0. The Labute approximate surface area is 158 Å². The lowest BCUT2D eigenvalue weighted by Gasteiger charge is -2.09. The van der Waals surface area contributed by atoms with E-state index in [0.29, 0.717) is 0 Å². The molecule has 4 rings (SSSR count). The number of ether oxygens (including phenoxy) is 1. The van der Waals surface area contributed by atoms with Crippen LogP contribution in [0.2, 0.25) is 0 Å². The minimum Gasteiger partial charge on any atom is -0.455 e. The monoisotopic (exact) mass is 359 g/mol. The molecule has 1 aliphatic carbocycles. The second kappa shape index (κ2) is 7.62. The third kappa shape index (κ3) is 4.00. The minimum atomic E-state index is -0.407. The second-order valence-electron chi connectivity index (χ2n) is 6.86. The van der Waals surface area contributed by atoms with Gasteiger partial charge in [0.2, 0.25) is 0 Å². The third-order valence-corrected chi connectivity index (χ3v) is 4.96. The van der Waals surface area contributed by atoms with Crippen LogP contribution >= 0.6 is 0 Å². The van der Waals surface area contributed by atoms with Crippen LogP contribution in [0.3, 0.4) is 0 Å². The van der Waals surface area contributed by atoms with Crippen LogP contribution in [-0.4, -0.2) is 18.5 Å². The quantitative estimate of drug-likeness (QED) is 0.699. The number of amides is 1. The first-order valence-electron chi connectivity index (χ1n) is 9.23. The standard InChI is InChI=1S/C23H21NO3/c25-22(24-20-12-11-16-6-3-8-18(16)13-20)15-27-23(26)14-19-9-4-7-17-5-1-2-10-21(17)19/h1-2,4-5,7,9-13H,3,6,8,14-15H2,(H,24,25). The first-order valence-corrected chi connectivity index (χ1v) is 9.23. The van der Waals surface area contributed by atoms with E-state index in [4.69, 9.17) is 4.74 Å². The fourth-order valence-electron chi connectivity index (χ4n) is 3.65. The highest BCUT2D eigenvalue weighted by molar-refractivity contribution is 5.93. The molecule has 0 aliphatic heterocycles. The molecule has 0 heterocycles. The van der Waals surface area contributed by atoms with Crippen LogP contribution in [0, 0.1) is 0 Å². The highest BCUT2D eigenvalue weighted by Crippen LogP contribution is 2.25. The van der Waals surface area contributed by atoms with Gasteiger partial charge in [-0.2, -0.15) is 0 Å². The summed E-state index contributed by atoms with van der Waals surface area (Å²) in [5.41, 5.74) is 4.30. The number of carbonyl (C=O) groups is 2. The fraction of sp³-hybridized carbons (Fsp3) is 0.217. The zero-order valence-corrected chi connectivity index (χ0v) is 15.0. The number of hydrogen-bond donors (Lipinski definition) is 1. The molecule has 0 unspecified atom stereocenters. The predicted molar refractivity (Wildman–Crippen MR) is 106 cm³/mol. The van der Waals surface area contributed by atoms with E-state index in [-0.39, 0.29) is 18.9 Å². The lowest BCUT2D eigenvalue weighted by molar-refractivity contribution is -0.146. The van der Waals surface area contributed by atoms with E-state index in [1.54, 1.807) is 0 Å². The molecule has 1 aliphatic rings. The number of esters is 1. The van der Waals surface area contributed by atoms with Crippen LogP contribution in [0.15, 0.2) is 60.7 Å². The Morgan fingerprint density at radius 1 is 0.926 bits per heavy atom. The molecular formula is C23H21NO3. The number of benzene rings is 3. The van der Waals surface area contributed by atoms with E-state index in [1.165, 1.54) is 17.5 Å². The van der Waals surface area contributed by atoms with Crippen LogP contribution in [0.4, 0.5) is 5.69 Å². The van der Waals surface area contributed by atoms with E-state index in [1.807, 2.05) is 54.6 Å². The van der Waals surface area contributed by atoms with Gasteiger partial charge in [0.25, 0.3) is 5.91 Å².